The fraction of sp³-hybridized carbons (Fsp3) is 0.489. The van der Waals surface area contributed by atoms with Crippen LogP contribution in [0.4, 0.5) is 0 Å². The molecule has 0 fully saturated rings. The Morgan fingerprint density at radius 1 is 0.404 bits per heavy atom. The highest BCUT2D eigenvalue weighted by Crippen LogP contribution is 2.54. The lowest BCUT2D eigenvalue weighted by Crippen LogP contribution is -2.25. The van der Waals surface area contributed by atoms with Gasteiger partial charge in [-0.3, -0.25) is 0 Å². The van der Waals surface area contributed by atoms with Gasteiger partial charge in [0, 0.05) is 5.41 Å². The Morgan fingerprint density at radius 2 is 0.809 bits per heavy atom. The van der Waals surface area contributed by atoms with E-state index in [1.165, 1.54) is 146 Å². The van der Waals surface area contributed by atoms with Crippen molar-refractivity contribution < 1.29 is 0 Å². The number of rotatable bonds is 15. The smallest absolute Gasteiger partial charge is 0.0215 e. The van der Waals surface area contributed by atoms with Gasteiger partial charge >= 0.3 is 0 Å². The van der Waals surface area contributed by atoms with Crippen molar-refractivity contribution in [2.45, 2.75) is 151 Å². The van der Waals surface area contributed by atoms with Crippen molar-refractivity contribution in [3.63, 3.8) is 0 Å². The number of hydrogen-bond acceptors (Lipinski definition) is 0. The van der Waals surface area contributed by atoms with E-state index in [1.807, 2.05) is 0 Å². The molecule has 47 heavy (non-hydrogen) atoms. The molecule has 0 saturated heterocycles. The molecule has 1 aliphatic carbocycles. The van der Waals surface area contributed by atoms with E-state index >= 15 is 0 Å². The second kappa shape index (κ2) is 17.9. The Morgan fingerprint density at radius 3 is 1.26 bits per heavy atom. The summed E-state index contributed by atoms with van der Waals surface area (Å²) in [4.78, 5) is 0. The standard InChI is InChI=1S/C31H46.C16H18/c1-5-7-9-11-13-15-21-31(22-16-14-12-10-8-6-2)29-23-25(3)17-19-27(29)28-20-18-26(4)24-30(28)31;1-11-5-7-15(8-6-11)16-9-12(2)14(4)13(3)10-16/h17-20,23-24H,5-16,21-22H2,1-4H3;5-10H,1-4H3. The largest absolute Gasteiger partial charge is 0.0654 e. The summed E-state index contributed by atoms with van der Waals surface area (Å²) in [5.41, 5.74) is 17.4. The molecule has 0 nitrogen and oxygen atoms in total. The van der Waals surface area contributed by atoms with Crippen LogP contribution in [-0.2, 0) is 5.41 Å². The number of unbranched alkanes of at least 4 members (excludes halogenated alkanes) is 10. The molecule has 252 valence electrons. The van der Waals surface area contributed by atoms with Gasteiger partial charge in [0.05, 0.1) is 0 Å². The van der Waals surface area contributed by atoms with Crippen LogP contribution in [0, 0.1) is 41.5 Å². The summed E-state index contributed by atoms with van der Waals surface area (Å²) in [6.45, 7) is 17.8. The summed E-state index contributed by atoms with van der Waals surface area (Å²) >= 11 is 0. The third-order valence-electron chi connectivity index (χ3n) is 10.9. The number of hydrogen-bond donors (Lipinski definition) is 0. The maximum absolute atomic E-state index is 2.53. The maximum Gasteiger partial charge on any atom is 0.0215 e. The molecule has 0 spiro atoms. The second-order valence-corrected chi connectivity index (χ2v) is 14.8. The SMILES string of the molecule is CCCCCCCCC1(CCCCCCCC)c2cc(C)ccc2-c2ccc(C)cc21.Cc1ccc(-c2cc(C)c(C)c(C)c2)cc1. The molecule has 0 saturated carbocycles. The minimum Gasteiger partial charge on any atom is -0.0654 e. The molecule has 5 rings (SSSR count). The number of fused-ring (bicyclic) bond motifs is 3. The summed E-state index contributed by atoms with van der Waals surface area (Å²) in [6.07, 6.45) is 19.2. The van der Waals surface area contributed by atoms with Gasteiger partial charge in [0.1, 0.15) is 0 Å². The van der Waals surface area contributed by atoms with Crippen molar-refractivity contribution in [3.05, 3.63) is 117 Å². The van der Waals surface area contributed by atoms with Crippen LogP contribution in [0.5, 0.6) is 0 Å². The molecule has 0 bridgehead atoms. The van der Waals surface area contributed by atoms with Gasteiger partial charge in [-0.2, -0.15) is 0 Å². The zero-order chi connectivity index (χ0) is 33.8. The van der Waals surface area contributed by atoms with E-state index in [9.17, 15) is 0 Å². The highest BCUT2D eigenvalue weighted by Gasteiger charge is 2.42. The van der Waals surface area contributed by atoms with Crippen molar-refractivity contribution >= 4 is 0 Å². The predicted octanol–water partition coefficient (Wildman–Crippen LogP) is 14.7. The summed E-state index contributed by atoms with van der Waals surface area (Å²) < 4.78 is 0. The van der Waals surface area contributed by atoms with Crippen LogP contribution in [0.25, 0.3) is 22.3 Å². The van der Waals surface area contributed by atoms with Crippen molar-refractivity contribution in [1.29, 1.82) is 0 Å². The summed E-state index contributed by atoms with van der Waals surface area (Å²) in [7, 11) is 0. The molecular weight excluding hydrogens is 565 g/mol. The molecule has 0 N–H and O–H groups in total. The van der Waals surface area contributed by atoms with Gasteiger partial charge in [0.15, 0.2) is 0 Å². The van der Waals surface area contributed by atoms with Gasteiger partial charge in [-0.1, -0.05) is 180 Å². The molecule has 4 aromatic carbocycles. The molecule has 0 radical (unpaired) electrons. The molecule has 0 amide bonds. The van der Waals surface area contributed by atoms with Crippen molar-refractivity contribution in [1.82, 2.24) is 0 Å². The van der Waals surface area contributed by atoms with Gasteiger partial charge < -0.3 is 0 Å². The van der Waals surface area contributed by atoms with Crippen LogP contribution < -0.4 is 0 Å². The first-order chi connectivity index (χ1) is 22.7. The monoisotopic (exact) mass is 629 g/mol. The zero-order valence-electron chi connectivity index (χ0n) is 31.3. The molecule has 1 aliphatic rings. The molecule has 0 atom stereocenters. The quantitative estimate of drug-likeness (QED) is 0.115. The second-order valence-electron chi connectivity index (χ2n) is 14.8. The maximum atomic E-state index is 2.53. The van der Waals surface area contributed by atoms with Crippen LogP contribution in [0.3, 0.4) is 0 Å². The van der Waals surface area contributed by atoms with E-state index in [1.54, 1.807) is 11.1 Å². The third kappa shape index (κ3) is 9.49. The van der Waals surface area contributed by atoms with Gasteiger partial charge in [0.2, 0.25) is 0 Å². The van der Waals surface area contributed by atoms with E-state index in [0.717, 1.165) is 0 Å². The lowest BCUT2D eigenvalue weighted by atomic mass is 9.70. The van der Waals surface area contributed by atoms with Crippen LogP contribution in [0.2, 0.25) is 0 Å². The van der Waals surface area contributed by atoms with E-state index < -0.39 is 0 Å². The van der Waals surface area contributed by atoms with Crippen LogP contribution in [0.15, 0.2) is 72.8 Å². The lowest BCUT2D eigenvalue weighted by Gasteiger charge is -2.33. The summed E-state index contributed by atoms with van der Waals surface area (Å²) in [6, 6.07) is 27.8. The Labute approximate surface area is 289 Å². The molecule has 0 unspecified atom stereocenters. The number of benzene rings is 4. The molecule has 0 heteroatoms. The fourth-order valence-corrected chi connectivity index (χ4v) is 7.75. The Balaban J connectivity index is 0.000000261. The van der Waals surface area contributed by atoms with Crippen molar-refractivity contribution in [3.8, 4) is 22.3 Å². The number of aryl methyl sites for hydroxylation is 5. The molecule has 0 heterocycles. The van der Waals surface area contributed by atoms with E-state index in [4.69, 9.17) is 0 Å². The first kappa shape index (κ1) is 36.7. The third-order valence-corrected chi connectivity index (χ3v) is 10.9. The normalized spacial score (nSPS) is 12.8. The zero-order valence-corrected chi connectivity index (χ0v) is 31.3. The minimum absolute atomic E-state index is 0.234. The molecule has 0 aliphatic heterocycles. The van der Waals surface area contributed by atoms with Crippen LogP contribution in [0.1, 0.15) is 148 Å². The summed E-state index contributed by atoms with van der Waals surface area (Å²) in [5, 5.41) is 0. The predicted molar refractivity (Wildman–Crippen MR) is 209 cm³/mol. The fourth-order valence-electron chi connectivity index (χ4n) is 7.75. The first-order valence-corrected chi connectivity index (χ1v) is 19.1. The Kier molecular flexibility index (Phi) is 14.0. The molecule has 0 aromatic heterocycles. The highest BCUT2D eigenvalue weighted by molar-refractivity contribution is 5.81. The Bertz CT molecular complexity index is 1460. The van der Waals surface area contributed by atoms with Crippen molar-refractivity contribution in [2.75, 3.05) is 0 Å². The molecular formula is C47H64. The van der Waals surface area contributed by atoms with Crippen LogP contribution in [-0.4, -0.2) is 0 Å². The van der Waals surface area contributed by atoms with Gasteiger partial charge in [-0.25, -0.2) is 0 Å². The lowest BCUT2D eigenvalue weighted by molar-refractivity contribution is 0.397. The molecule has 4 aromatic rings. The average Bonchev–Trinajstić information content (AvgIpc) is 3.31. The van der Waals surface area contributed by atoms with E-state index in [2.05, 4.69) is 128 Å². The minimum atomic E-state index is 0.234. The average molecular weight is 629 g/mol. The highest BCUT2D eigenvalue weighted by atomic mass is 14.4. The topological polar surface area (TPSA) is 0 Å². The van der Waals surface area contributed by atoms with Gasteiger partial charge in [0.25, 0.3) is 0 Å². The van der Waals surface area contributed by atoms with E-state index in [-0.39, 0.29) is 5.41 Å². The van der Waals surface area contributed by atoms with Gasteiger partial charge in [-0.15, -0.1) is 0 Å². The summed E-state index contributed by atoms with van der Waals surface area (Å²) in [5.74, 6) is 0. The van der Waals surface area contributed by atoms with Crippen LogP contribution >= 0.6 is 0 Å². The Hall–Kier alpha value is -3.12. The van der Waals surface area contributed by atoms with Gasteiger partial charge in [-0.05, 0) is 104 Å². The first-order valence-electron chi connectivity index (χ1n) is 19.1. The van der Waals surface area contributed by atoms with E-state index in [0.29, 0.717) is 0 Å². The van der Waals surface area contributed by atoms with Crippen molar-refractivity contribution in [2.24, 2.45) is 0 Å².